The van der Waals surface area contributed by atoms with Crippen molar-refractivity contribution >= 4 is 56.1 Å². The summed E-state index contributed by atoms with van der Waals surface area (Å²) < 4.78 is 13.9. The van der Waals surface area contributed by atoms with Gasteiger partial charge in [0, 0.05) is 16.8 Å². The highest BCUT2D eigenvalue weighted by Crippen LogP contribution is 2.34. The van der Waals surface area contributed by atoms with Gasteiger partial charge in [0.2, 0.25) is 5.13 Å². The largest absolute Gasteiger partial charge is 0.227 e. The summed E-state index contributed by atoms with van der Waals surface area (Å²) in [4.78, 5) is 8.55. The second-order valence-corrected chi connectivity index (χ2v) is 5.75. The Morgan fingerprint density at radius 1 is 1.15 bits per heavy atom. The van der Waals surface area contributed by atoms with Crippen molar-refractivity contribution in [1.29, 1.82) is 0 Å². The van der Waals surface area contributed by atoms with Crippen molar-refractivity contribution in [1.82, 2.24) is 4.98 Å². The number of rotatable bonds is 2. The second-order valence-electron chi connectivity index (χ2n) is 3.99. The van der Waals surface area contributed by atoms with Crippen molar-refractivity contribution in [2.45, 2.75) is 0 Å². The SMILES string of the molecule is Fc1ccc2nc(N=Cc3ccccc3Cl)sc2c1Cl. The monoisotopic (exact) mass is 324 g/mol. The normalized spacial score (nSPS) is 11.6. The maximum atomic E-state index is 13.4. The van der Waals surface area contributed by atoms with Gasteiger partial charge < -0.3 is 0 Å². The number of benzene rings is 2. The summed E-state index contributed by atoms with van der Waals surface area (Å²) in [7, 11) is 0. The highest BCUT2D eigenvalue weighted by molar-refractivity contribution is 7.22. The van der Waals surface area contributed by atoms with Crippen LogP contribution in [0, 0.1) is 5.82 Å². The topological polar surface area (TPSA) is 25.2 Å². The van der Waals surface area contributed by atoms with Crippen LogP contribution >= 0.6 is 34.5 Å². The molecule has 0 aliphatic carbocycles. The van der Waals surface area contributed by atoms with Crippen molar-refractivity contribution < 1.29 is 4.39 Å². The van der Waals surface area contributed by atoms with Gasteiger partial charge in [-0.2, -0.15) is 0 Å². The molecule has 0 spiro atoms. The molecule has 0 atom stereocenters. The minimum absolute atomic E-state index is 0.0826. The first-order chi connectivity index (χ1) is 9.65. The molecule has 0 fully saturated rings. The fourth-order valence-electron chi connectivity index (χ4n) is 1.68. The molecule has 0 saturated heterocycles. The number of aliphatic imine (C=N–C) groups is 1. The summed E-state index contributed by atoms with van der Waals surface area (Å²) in [6.45, 7) is 0. The van der Waals surface area contributed by atoms with Gasteiger partial charge in [0.15, 0.2) is 0 Å². The Hall–Kier alpha value is -1.49. The van der Waals surface area contributed by atoms with Crippen LogP contribution in [0.15, 0.2) is 41.4 Å². The van der Waals surface area contributed by atoms with Gasteiger partial charge in [0.1, 0.15) is 5.82 Å². The van der Waals surface area contributed by atoms with Gasteiger partial charge in [-0.3, -0.25) is 0 Å². The molecule has 0 unspecified atom stereocenters. The highest BCUT2D eigenvalue weighted by Gasteiger charge is 2.10. The lowest BCUT2D eigenvalue weighted by Crippen LogP contribution is -1.80. The van der Waals surface area contributed by atoms with Crippen LogP contribution in [0.25, 0.3) is 10.2 Å². The third-order valence-electron chi connectivity index (χ3n) is 2.66. The molecule has 100 valence electrons. The summed E-state index contributed by atoms with van der Waals surface area (Å²) in [6, 6.07) is 10.2. The van der Waals surface area contributed by atoms with Crippen LogP contribution in [0.5, 0.6) is 0 Å². The average molecular weight is 325 g/mol. The average Bonchev–Trinajstić information content (AvgIpc) is 2.86. The molecule has 3 aromatic rings. The van der Waals surface area contributed by atoms with E-state index in [0.717, 1.165) is 5.56 Å². The van der Waals surface area contributed by atoms with Gasteiger partial charge in [0.05, 0.1) is 15.2 Å². The van der Waals surface area contributed by atoms with E-state index in [0.29, 0.717) is 20.4 Å². The molecule has 0 bridgehead atoms. The standard InChI is InChI=1S/C14H7Cl2FN2S/c15-9-4-2-1-3-8(9)7-18-14-19-11-6-5-10(17)12(16)13(11)20-14/h1-7H. The van der Waals surface area contributed by atoms with Crippen LogP contribution in [0.4, 0.5) is 9.52 Å². The predicted octanol–water partition coefficient (Wildman–Crippen LogP) is 5.49. The van der Waals surface area contributed by atoms with Crippen molar-refractivity contribution in [3.63, 3.8) is 0 Å². The first-order valence-corrected chi connectivity index (χ1v) is 7.25. The van der Waals surface area contributed by atoms with Gasteiger partial charge >= 0.3 is 0 Å². The van der Waals surface area contributed by atoms with E-state index in [-0.39, 0.29) is 5.02 Å². The minimum atomic E-state index is -0.454. The Kier molecular flexibility index (Phi) is 3.70. The van der Waals surface area contributed by atoms with Crippen LogP contribution < -0.4 is 0 Å². The predicted molar refractivity (Wildman–Crippen MR) is 83.3 cm³/mol. The van der Waals surface area contributed by atoms with Gasteiger partial charge in [-0.15, -0.1) is 0 Å². The Labute approximate surface area is 128 Å². The Balaban J connectivity index is 2.00. The van der Waals surface area contributed by atoms with Crippen molar-refractivity contribution in [2.75, 3.05) is 0 Å². The molecule has 1 aromatic heterocycles. The number of fused-ring (bicyclic) bond motifs is 1. The van der Waals surface area contributed by atoms with Gasteiger partial charge in [-0.05, 0) is 18.2 Å². The lowest BCUT2D eigenvalue weighted by molar-refractivity contribution is 0.630. The molecule has 6 heteroatoms. The number of aromatic nitrogens is 1. The number of thiazole rings is 1. The van der Waals surface area contributed by atoms with Gasteiger partial charge in [-0.1, -0.05) is 52.7 Å². The maximum Gasteiger partial charge on any atom is 0.210 e. The third kappa shape index (κ3) is 2.54. The summed E-state index contributed by atoms with van der Waals surface area (Å²) in [5.41, 5.74) is 1.43. The quantitative estimate of drug-likeness (QED) is 0.572. The fraction of sp³-hybridized carbons (Fsp3) is 0. The molecule has 0 aliphatic rings. The van der Waals surface area contributed by atoms with Crippen LogP contribution in [-0.4, -0.2) is 11.2 Å². The summed E-state index contributed by atoms with van der Waals surface area (Å²) in [5, 5.41) is 1.20. The van der Waals surface area contributed by atoms with E-state index in [4.69, 9.17) is 23.2 Å². The smallest absolute Gasteiger partial charge is 0.210 e. The number of halogens is 3. The van der Waals surface area contributed by atoms with Crippen LogP contribution in [0.1, 0.15) is 5.56 Å². The van der Waals surface area contributed by atoms with E-state index >= 15 is 0 Å². The zero-order valence-corrected chi connectivity index (χ0v) is 12.3. The van der Waals surface area contributed by atoms with Crippen LogP contribution in [0.2, 0.25) is 10.0 Å². The summed E-state index contributed by atoms with van der Waals surface area (Å²) >= 11 is 13.2. The molecule has 0 amide bonds. The lowest BCUT2D eigenvalue weighted by atomic mass is 10.2. The zero-order chi connectivity index (χ0) is 14.1. The Morgan fingerprint density at radius 3 is 2.75 bits per heavy atom. The molecule has 2 aromatic carbocycles. The minimum Gasteiger partial charge on any atom is -0.227 e. The van der Waals surface area contributed by atoms with E-state index in [2.05, 4.69) is 9.98 Å². The molecule has 2 nitrogen and oxygen atoms in total. The number of hydrogen-bond acceptors (Lipinski definition) is 3. The molecule has 0 aliphatic heterocycles. The lowest BCUT2D eigenvalue weighted by Gasteiger charge is -1.94. The van der Waals surface area contributed by atoms with E-state index in [1.54, 1.807) is 18.3 Å². The van der Waals surface area contributed by atoms with E-state index in [9.17, 15) is 4.39 Å². The second kappa shape index (κ2) is 5.48. The van der Waals surface area contributed by atoms with Gasteiger partial charge in [0.25, 0.3) is 0 Å². The molecule has 3 rings (SSSR count). The highest BCUT2D eigenvalue weighted by atomic mass is 35.5. The molecule has 20 heavy (non-hydrogen) atoms. The van der Waals surface area contributed by atoms with E-state index in [1.807, 2.05) is 18.2 Å². The molecular formula is C14H7Cl2FN2S. The third-order valence-corrected chi connectivity index (χ3v) is 4.48. The number of hydrogen-bond donors (Lipinski definition) is 0. The molecule has 1 heterocycles. The molecule has 0 radical (unpaired) electrons. The number of nitrogens with zero attached hydrogens (tertiary/aromatic N) is 2. The zero-order valence-electron chi connectivity index (χ0n) is 9.98. The van der Waals surface area contributed by atoms with Crippen molar-refractivity contribution in [3.8, 4) is 0 Å². The fourth-order valence-corrected chi connectivity index (χ4v) is 2.98. The van der Waals surface area contributed by atoms with E-state index < -0.39 is 5.82 Å². The first kappa shape index (κ1) is 13.5. The van der Waals surface area contributed by atoms with Crippen molar-refractivity contribution in [2.24, 2.45) is 4.99 Å². The van der Waals surface area contributed by atoms with Crippen LogP contribution in [0.3, 0.4) is 0 Å². The Bertz CT molecular complexity index is 814. The molecule has 0 saturated carbocycles. The maximum absolute atomic E-state index is 13.4. The summed E-state index contributed by atoms with van der Waals surface area (Å²) in [5.74, 6) is -0.454. The Morgan fingerprint density at radius 2 is 1.95 bits per heavy atom. The molecular weight excluding hydrogens is 318 g/mol. The van der Waals surface area contributed by atoms with E-state index in [1.165, 1.54) is 17.4 Å². The van der Waals surface area contributed by atoms with Crippen molar-refractivity contribution in [3.05, 3.63) is 57.8 Å². The van der Waals surface area contributed by atoms with Gasteiger partial charge in [-0.25, -0.2) is 14.4 Å². The summed E-state index contributed by atoms with van der Waals surface area (Å²) in [6.07, 6.45) is 1.63. The first-order valence-electron chi connectivity index (χ1n) is 5.68. The molecule has 0 N–H and O–H groups in total. The van der Waals surface area contributed by atoms with Crippen LogP contribution in [-0.2, 0) is 0 Å².